The molecule has 0 aromatic heterocycles. The van der Waals surface area contributed by atoms with Crippen molar-refractivity contribution in [1.82, 2.24) is 5.32 Å². The minimum absolute atomic E-state index is 0.665. The summed E-state index contributed by atoms with van der Waals surface area (Å²) in [6.45, 7) is 3.43. The van der Waals surface area contributed by atoms with Crippen LogP contribution in [0.4, 0.5) is 5.69 Å². The van der Waals surface area contributed by atoms with Gasteiger partial charge in [-0.2, -0.15) is 0 Å². The van der Waals surface area contributed by atoms with Gasteiger partial charge in [-0.3, -0.25) is 0 Å². The Bertz CT molecular complexity index is 406. The third-order valence-corrected chi connectivity index (χ3v) is 5.15. The van der Waals surface area contributed by atoms with Crippen LogP contribution >= 0.6 is 0 Å². The van der Waals surface area contributed by atoms with E-state index in [0.717, 1.165) is 18.4 Å². The first kappa shape index (κ1) is 13.9. The molecule has 0 radical (unpaired) electrons. The van der Waals surface area contributed by atoms with E-state index < -0.39 is 0 Å². The number of nitrogens with one attached hydrogen (secondary N) is 2. The van der Waals surface area contributed by atoms with Gasteiger partial charge in [0.1, 0.15) is 0 Å². The van der Waals surface area contributed by atoms with Crippen molar-refractivity contribution in [2.75, 3.05) is 11.9 Å². The minimum atomic E-state index is 0.665. The molecule has 1 aliphatic heterocycles. The lowest BCUT2D eigenvalue weighted by atomic mass is 9.88. The second-order valence-electron chi connectivity index (χ2n) is 6.45. The van der Waals surface area contributed by atoms with Gasteiger partial charge in [0, 0.05) is 17.8 Å². The summed E-state index contributed by atoms with van der Waals surface area (Å²) in [5.74, 6) is 0.821. The summed E-state index contributed by atoms with van der Waals surface area (Å²) < 4.78 is 0. The van der Waals surface area contributed by atoms with Crippen molar-refractivity contribution in [1.29, 1.82) is 0 Å². The second kappa shape index (κ2) is 6.62. The van der Waals surface area contributed by atoms with Crippen molar-refractivity contribution in [3.05, 3.63) is 29.8 Å². The van der Waals surface area contributed by atoms with Gasteiger partial charge in [0.2, 0.25) is 0 Å². The van der Waals surface area contributed by atoms with Crippen LogP contribution in [0.5, 0.6) is 0 Å². The molecule has 0 amide bonds. The number of benzene rings is 1. The van der Waals surface area contributed by atoms with Gasteiger partial charge in [0.25, 0.3) is 0 Å². The largest absolute Gasteiger partial charge is 0.382 e. The SMILES string of the molecule is CCc1ccc(NC2CCCC2C2CCCCN2)cc1. The Kier molecular flexibility index (Phi) is 4.62. The van der Waals surface area contributed by atoms with Gasteiger partial charge in [-0.25, -0.2) is 0 Å². The first-order valence-electron chi connectivity index (χ1n) is 8.45. The van der Waals surface area contributed by atoms with Crippen molar-refractivity contribution in [3.63, 3.8) is 0 Å². The number of piperidine rings is 1. The fourth-order valence-corrected chi connectivity index (χ4v) is 3.94. The zero-order valence-corrected chi connectivity index (χ0v) is 12.7. The molecule has 1 saturated carbocycles. The fourth-order valence-electron chi connectivity index (χ4n) is 3.94. The van der Waals surface area contributed by atoms with Crippen molar-refractivity contribution < 1.29 is 0 Å². The first-order valence-corrected chi connectivity index (χ1v) is 8.45. The molecule has 2 nitrogen and oxygen atoms in total. The highest BCUT2D eigenvalue weighted by Gasteiger charge is 2.34. The highest BCUT2D eigenvalue weighted by atomic mass is 15.0. The molecule has 1 heterocycles. The van der Waals surface area contributed by atoms with Gasteiger partial charge in [0.15, 0.2) is 0 Å². The Morgan fingerprint density at radius 3 is 2.60 bits per heavy atom. The van der Waals surface area contributed by atoms with Crippen molar-refractivity contribution in [3.8, 4) is 0 Å². The summed E-state index contributed by atoms with van der Waals surface area (Å²) in [6, 6.07) is 10.4. The van der Waals surface area contributed by atoms with Gasteiger partial charge in [-0.15, -0.1) is 0 Å². The summed E-state index contributed by atoms with van der Waals surface area (Å²) in [4.78, 5) is 0. The number of hydrogen-bond donors (Lipinski definition) is 2. The highest BCUT2D eigenvalue weighted by molar-refractivity contribution is 5.45. The Morgan fingerprint density at radius 1 is 1.05 bits per heavy atom. The van der Waals surface area contributed by atoms with E-state index in [4.69, 9.17) is 0 Å². The molecule has 110 valence electrons. The summed E-state index contributed by atoms with van der Waals surface area (Å²) in [6.07, 6.45) is 9.37. The Hall–Kier alpha value is -1.02. The predicted molar refractivity (Wildman–Crippen MR) is 86.2 cm³/mol. The number of rotatable bonds is 4. The molecule has 3 rings (SSSR count). The van der Waals surface area contributed by atoms with E-state index in [1.54, 1.807) is 0 Å². The smallest absolute Gasteiger partial charge is 0.0342 e. The maximum absolute atomic E-state index is 3.80. The molecule has 2 heteroatoms. The van der Waals surface area contributed by atoms with E-state index in [-0.39, 0.29) is 0 Å². The van der Waals surface area contributed by atoms with E-state index in [0.29, 0.717) is 6.04 Å². The van der Waals surface area contributed by atoms with E-state index in [1.165, 1.54) is 56.3 Å². The van der Waals surface area contributed by atoms with Crippen LogP contribution in [0, 0.1) is 5.92 Å². The molecule has 0 spiro atoms. The van der Waals surface area contributed by atoms with Crippen LogP contribution in [0.1, 0.15) is 51.0 Å². The predicted octanol–water partition coefficient (Wildman–Crippen LogP) is 3.97. The Labute approximate surface area is 123 Å². The van der Waals surface area contributed by atoms with Gasteiger partial charge < -0.3 is 10.6 Å². The number of hydrogen-bond acceptors (Lipinski definition) is 2. The van der Waals surface area contributed by atoms with Crippen LogP contribution in [0.15, 0.2) is 24.3 Å². The Morgan fingerprint density at radius 2 is 1.90 bits per heavy atom. The summed E-state index contributed by atoms with van der Waals surface area (Å²) in [7, 11) is 0. The summed E-state index contributed by atoms with van der Waals surface area (Å²) in [5, 5.41) is 7.55. The van der Waals surface area contributed by atoms with Gasteiger partial charge in [0.05, 0.1) is 0 Å². The summed E-state index contributed by atoms with van der Waals surface area (Å²) >= 11 is 0. The van der Waals surface area contributed by atoms with Crippen LogP contribution in [-0.4, -0.2) is 18.6 Å². The number of anilines is 1. The molecule has 2 N–H and O–H groups in total. The molecule has 1 aromatic rings. The highest BCUT2D eigenvalue weighted by Crippen LogP contribution is 2.33. The van der Waals surface area contributed by atoms with E-state index >= 15 is 0 Å². The lowest BCUT2D eigenvalue weighted by Crippen LogP contribution is -2.44. The van der Waals surface area contributed by atoms with E-state index in [2.05, 4.69) is 41.8 Å². The zero-order valence-electron chi connectivity index (χ0n) is 12.7. The van der Waals surface area contributed by atoms with Crippen molar-refractivity contribution in [2.24, 2.45) is 5.92 Å². The molecule has 3 atom stereocenters. The van der Waals surface area contributed by atoms with Crippen molar-refractivity contribution in [2.45, 2.75) is 64.0 Å². The van der Waals surface area contributed by atoms with E-state index in [9.17, 15) is 0 Å². The molecule has 0 bridgehead atoms. The average molecular weight is 272 g/mol. The number of aryl methyl sites for hydroxylation is 1. The fraction of sp³-hybridized carbons (Fsp3) is 0.667. The minimum Gasteiger partial charge on any atom is -0.382 e. The topological polar surface area (TPSA) is 24.1 Å². The second-order valence-corrected chi connectivity index (χ2v) is 6.45. The van der Waals surface area contributed by atoms with Gasteiger partial charge in [-0.05, 0) is 62.3 Å². The van der Waals surface area contributed by atoms with Crippen LogP contribution in [0.25, 0.3) is 0 Å². The zero-order chi connectivity index (χ0) is 13.8. The van der Waals surface area contributed by atoms with Crippen LogP contribution in [0.2, 0.25) is 0 Å². The molecule has 2 fully saturated rings. The van der Waals surface area contributed by atoms with Gasteiger partial charge >= 0.3 is 0 Å². The molecule has 1 aliphatic carbocycles. The lowest BCUT2D eigenvalue weighted by molar-refractivity contribution is 0.286. The lowest BCUT2D eigenvalue weighted by Gasteiger charge is -2.33. The third kappa shape index (κ3) is 3.17. The molecule has 3 unspecified atom stereocenters. The standard InChI is InChI=1S/C18H28N2/c1-2-14-9-11-15(12-10-14)20-18-8-5-6-16(18)17-7-3-4-13-19-17/h9-12,16-20H,2-8,13H2,1H3. The molecule has 1 aromatic carbocycles. The average Bonchev–Trinajstić information content (AvgIpc) is 2.97. The van der Waals surface area contributed by atoms with Gasteiger partial charge in [-0.1, -0.05) is 31.9 Å². The monoisotopic (exact) mass is 272 g/mol. The molecule has 1 saturated heterocycles. The third-order valence-electron chi connectivity index (χ3n) is 5.15. The Balaban J connectivity index is 1.62. The normalized spacial score (nSPS) is 30.4. The van der Waals surface area contributed by atoms with Crippen LogP contribution in [-0.2, 0) is 6.42 Å². The molecule has 20 heavy (non-hydrogen) atoms. The quantitative estimate of drug-likeness (QED) is 0.866. The maximum atomic E-state index is 3.80. The molecular formula is C18H28N2. The van der Waals surface area contributed by atoms with E-state index in [1.807, 2.05) is 0 Å². The van der Waals surface area contributed by atoms with Crippen molar-refractivity contribution >= 4 is 5.69 Å². The van der Waals surface area contributed by atoms with Crippen LogP contribution in [0.3, 0.4) is 0 Å². The first-order chi connectivity index (χ1) is 9.86. The summed E-state index contributed by atoms with van der Waals surface area (Å²) in [5.41, 5.74) is 2.72. The maximum Gasteiger partial charge on any atom is 0.0342 e. The van der Waals surface area contributed by atoms with Crippen LogP contribution < -0.4 is 10.6 Å². The molecule has 2 aliphatic rings. The molecular weight excluding hydrogens is 244 g/mol.